The van der Waals surface area contributed by atoms with Crippen molar-refractivity contribution in [2.75, 3.05) is 32.7 Å². The Hall–Kier alpha value is -1.82. The Morgan fingerprint density at radius 2 is 2.07 bits per heavy atom. The lowest BCUT2D eigenvalue weighted by Crippen LogP contribution is -2.56. The molecule has 2 amide bonds. The third kappa shape index (κ3) is 3.28. The molecule has 6 nitrogen and oxygen atoms in total. The molecule has 3 saturated heterocycles. The highest BCUT2D eigenvalue weighted by atomic mass is 16.3. The van der Waals surface area contributed by atoms with Crippen LogP contribution in [0.2, 0.25) is 0 Å². The molecule has 0 aromatic carbocycles. The van der Waals surface area contributed by atoms with Gasteiger partial charge in [-0.1, -0.05) is 20.3 Å². The number of carbonyl (C=O) groups excluding carboxylic acids is 2. The van der Waals surface area contributed by atoms with Gasteiger partial charge in [-0.3, -0.25) is 9.59 Å². The van der Waals surface area contributed by atoms with Gasteiger partial charge in [-0.15, -0.1) is 0 Å². The van der Waals surface area contributed by atoms with E-state index in [0.717, 1.165) is 38.2 Å². The number of amides is 2. The SMILES string of the molecule is CC[C@H](C)CN1C[C@H]2C(=O)NC3(CCN(C(=O)c4ccc(C)o4)CC3)[C@H]2C1. The predicted octanol–water partition coefficient (Wildman–Crippen LogP) is 2.29. The van der Waals surface area contributed by atoms with Crippen LogP contribution >= 0.6 is 0 Å². The molecule has 3 aliphatic heterocycles. The number of fused-ring (bicyclic) bond motifs is 2. The number of rotatable bonds is 4. The van der Waals surface area contributed by atoms with Crippen LogP contribution in [0.4, 0.5) is 0 Å². The molecule has 0 radical (unpaired) electrons. The molecular weight excluding hydrogens is 342 g/mol. The van der Waals surface area contributed by atoms with E-state index in [9.17, 15) is 9.59 Å². The van der Waals surface area contributed by atoms with Gasteiger partial charge < -0.3 is 19.5 Å². The average Bonchev–Trinajstić information content (AvgIpc) is 3.33. The highest BCUT2D eigenvalue weighted by Crippen LogP contribution is 2.44. The summed E-state index contributed by atoms with van der Waals surface area (Å²) in [6.07, 6.45) is 2.84. The van der Waals surface area contributed by atoms with Gasteiger partial charge in [-0.25, -0.2) is 0 Å². The van der Waals surface area contributed by atoms with Crippen LogP contribution in [0.3, 0.4) is 0 Å². The van der Waals surface area contributed by atoms with E-state index in [4.69, 9.17) is 4.42 Å². The van der Waals surface area contributed by atoms with Crippen molar-refractivity contribution in [3.8, 4) is 0 Å². The van der Waals surface area contributed by atoms with Crippen molar-refractivity contribution >= 4 is 11.8 Å². The van der Waals surface area contributed by atoms with Gasteiger partial charge >= 0.3 is 0 Å². The summed E-state index contributed by atoms with van der Waals surface area (Å²) in [4.78, 5) is 29.6. The maximum Gasteiger partial charge on any atom is 0.289 e. The van der Waals surface area contributed by atoms with Crippen LogP contribution < -0.4 is 5.32 Å². The molecule has 1 aromatic heterocycles. The van der Waals surface area contributed by atoms with Crippen molar-refractivity contribution in [1.29, 1.82) is 0 Å². The zero-order chi connectivity index (χ0) is 19.2. The Bertz CT molecular complexity index is 720. The minimum absolute atomic E-state index is 0.0383. The zero-order valence-corrected chi connectivity index (χ0v) is 16.7. The number of likely N-dealkylation sites (tertiary alicyclic amines) is 2. The lowest BCUT2D eigenvalue weighted by atomic mass is 9.75. The first-order valence-corrected chi connectivity index (χ1v) is 10.3. The zero-order valence-electron chi connectivity index (χ0n) is 16.7. The Morgan fingerprint density at radius 3 is 2.70 bits per heavy atom. The molecule has 4 heterocycles. The van der Waals surface area contributed by atoms with E-state index in [-0.39, 0.29) is 23.3 Å². The van der Waals surface area contributed by atoms with Crippen molar-refractivity contribution in [1.82, 2.24) is 15.1 Å². The second kappa shape index (κ2) is 6.97. The highest BCUT2D eigenvalue weighted by molar-refractivity contribution is 5.91. The van der Waals surface area contributed by atoms with E-state index in [1.165, 1.54) is 6.42 Å². The Labute approximate surface area is 161 Å². The van der Waals surface area contributed by atoms with Crippen molar-refractivity contribution in [3.63, 3.8) is 0 Å². The Morgan fingerprint density at radius 1 is 1.33 bits per heavy atom. The third-order valence-electron chi connectivity index (χ3n) is 6.98. The Balaban J connectivity index is 1.41. The van der Waals surface area contributed by atoms with Gasteiger partial charge in [-0.05, 0) is 37.8 Å². The molecular formula is C21H31N3O3. The second-order valence-electron chi connectivity index (χ2n) is 8.79. The third-order valence-corrected chi connectivity index (χ3v) is 6.98. The molecule has 3 fully saturated rings. The smallest absolute Gasteiger partial charge is 0.289 e. The first-order chi connectivity index (χ1) is 12.9. The fourth-order valence-electron chi connectivity index (χ4n) is 5.17. The van der Waals surface area contributed by atoms with Crippen molar-refractivity contribution in [2.45, 2.75) is 45.6 Å². The van der Waals surface area contributed by atoms with Crippen LogP contribution in [-0.4, -0.2) is 59.9 Å². The molecule has 0 aliphatic carbocycles. The number of piperidine rings is 1. The number of hydrogen-bond donors (Lipinski definition) is 1. The van der Waals surface area contributed by atoms with Gasteiger partial charge in [0.05, 0.1) is 5.92 Å². The van der Waals surface area contributed by atoms with Crippen molar-refractivity contribution in [3.05, 3.63) is 23.7 Å². The molecule has 3 aliphatic rings. The molecule has 0 unspecified atom stereocenters. The fraction of sp³-hybridized carbons (Fsp3) is 0.714. The standard InChI is InChI=1S/C21H31N3O3/c1-4-14(2)11-23-12-16-17(13-23)21(22-19(16)25)7-9-24(10-8-21)20(26)18-6-5-15(3)27-18/h5-6,14,16-17H,4,7-13H2,1-3H3,(H,22,25)/t14-,16+,17-/m0/s1. The number of aryl methyl sites for hydroxylation is 1. The van der Waals surface area contributed by atoms with E-state index in [1.807, 2.05) is 17.9 Å². The largest absolute Gasteiger partial charge is 0.456 e. The van der Waals surface area contributed by atoms with E-state index in [1.54, 1.807) is 6.07 Å². The lowest BCUT2D eigenvalue weighted by Gasteiger charge is -2.42. The van der Waals surface area contributed by atoms with Gasteiger partial charge in [0.15, 0.2) is 5.76 Å². The summed E-state index contributed by atoms with van der Waals surface area (Å²) in [6.45, 7) is 10.7. The quantitative estimate of drug-likeness (QED) is 0.879. The maximum absolute atomic E-state index is 12.7. The molecule has 0 saturated carbocycles. The number of hydrogen-bond acceptors (Lipinski definition) is 4. The van der Waals surface area contributed by atoms with Gasteiger partial charge in [0.1, 0.15) is 5.76 Å². The number of nitrogens with one attached hydrogen (secondary N) is 1. The summed E-state index contributed by atoms with van der Waals surface area (Å²) in [7, 11) is 0. The summed E-state index contributed by atoms with van der Waals surface area (Å²) >= 11 is 0. The monoisotopic (exact) mass is 373 g/mol. The van der Waals surface area contributed by atoms with Crippen LogP contribution in [0.25, 0.3) is 0 Å². The molecule has 6 heteroatoms. The van der Waals surface area contributed by atoms with Gasteiger partial charge in [0.2, 0.25) is 5.91 Å². The Kier molecular flexibility index (Phi) is 4.78. The number of furan rings is 1. The van der Waals surface area contributed by atoms with Crippen LogP contribution in [-0.2, 0) is 4.79 Å². The molecule has 1 aromatic rings. The molecule has 4 rings (SSSR count). The molecule has 0 bridgehead atoms. The van der Waals surface area contributed by atoms with Crippen molar-refractivity contribution in [2.24, 2.45) is 17.8 Å². The van der Waals surface area contributed by atoms with E-state index >= 15 is 0 Å². The summed E-state index contributed by atoms with van der Waals surface area (Å²) < 4.78 is 5.50. The van der Waals surface area contributed by atoms with Crippen LogP contribution in [0.5, 0.6) is 0 Å². The summed E-state index contributed by atoms with van der Waals surface area (Å²) in [5.41, 5.74) is -0.137. The van der Waals surface area contributed by atoms with Gasteiger partial charge in [-0.2, -0.15) is 0 Å². The lowest BCUT2D eigenvalue weighted by molar-refractivity contribution is -0.123. The first-order valence-electron chi connectivity index (χ1n) is 10.3. The highest BCUT2D eigenvalue weighted by Gasteiger charge is 2.57. The predicted molar refractivity (Wildman–Crippen MR) is 102 cm³/mol. The number of carbonyl (C=O) groups is 2. The topological polar surface area (TPSA) is 65.8 Å². The van der Waals surface area contributed by atoms with Gasteiger partial charge in [0.25, 0.3) is 5.91 Å². The molecule has 148 valence electrons. The molecule has 1 spiro atoms. The van der Waals surface area contributed by atoms with E-state index < -0.39 is 0 Å². The fourth-order valence-corrected chi connectivity index (χ4v) is 5.17. The summed E-state index contributed by atoms with van der Waals surface area (Å²) in [5.74, 6) is 2.50. The van der Waals surface area contributed by atoms with Gasteiger partial charge in [0, 0.05) is 44.2 Å². The molecule has 1 N–H and O–H groups in total. The number of nitrogens with zero attached hydrogens (tertiary/aromatic N) is 2. The average molecular weight is 373 g/mol. The van der Waals surface area contributed by atoms with Crippen LogP contribution in [0.1, 0.15) is 49.4 Å². The summed E-state index contributed by atoms with van der Waals surface area (Å²) in [5, 5.41) is 3.34. The van der Waals surface area contributed by atoms with Crippen LogP contribution in [0, 0.1) is 24.7 Å². The van der Waals surface area contributed by atoms with Crippen LogP contribution in [0.15, 0.2) is 16.5 Å². The summed E-state index contributed by atoms with van der Waals surface area (Å²) in [6, 6.07) is 3.57. The van der Waals surface area contributed by atoms with Crippen molar-refractivity contribution < 1.29 is 14.0 Å². The van der Waals surface area contributed by atoms with E-state index in [2.05, 4.69) is 24.1 Å². The first kappa shape index (κ1) is 18.5. The normalized spacial score (nSPS) is 28.4. The minimum Gasteiger partial charge on any atom is -0.456 e. The molecule has 3 atom stereocenters. The van der Waals surface area contributed by atoms with E-state index in [0.29, 0.717) is 30.7 Å². The second-order valence-corrected chi connectivity index (χ2v) is 8.79. The molecule has 27 heavy (non-hydrogen) atoms. The maximum atomic E-state index is 12.7. The minimum atomic E-state index is -0.137.